The number of carbonyl (C=O) groups is 2. The number of fused-ring (bicyclic) bond motifs is 3. The van der Waals surface area contributed by atoms with Crippen molar-refractivity contribution < 1.29 is 28.2 Å². The van der Waals surface area contributed by atoms with Crippen LogP contribution in [0.1, 0.15) is 29.0 Å². The second-order valence-electron chi connectivity index (χ2n) is 7.68. The summed E-state index contributed by atoms with van der Waals surface area (Å²) in [4.78, 5) is 23.9. The fourth-order valence-corrected chi connectivity index (χ4v) is 4.11. The summed E-state index contributed by atoms with van der Waals surface area (Å²) in [6.07, 6.45) is -0.817. The third kappa shape index (κ3) is 4.61. The number of nitrogens with one attached hydrogen (secondary N) is 1. The molecule has 0 aliphatic heterocycles. The van der Waals surface area contributed by atoms with E-state index in [9.17, 15) is 23.5 Å². The Bertz CT molecular complexity index is 1100. The molecule has 1 aliphatic rings. The standard InChI is InChI=1S/C25H21F2NO4/c26-16-11-15(12-17(27)13-16)9-10-23(24(29)30)28-25(31)32-14-22-20-7-3-1-5-18(20)19-6-2-4-8-21(19)22/h1-8,11-13,22-23H,9-10,14H2,(H,28,31)(H,29,30). The van der Waals surface area contributed by atoms with E-state index < -0.39 is 29.7 Å². The largest absolute Gasteiger partial charge is 0.480 e. The van der Waals surface area contributed by atoms with Crippen LogP contribution in [0.4, 0.5) is 13.6 Å². The maximum Gasteiger partial charge on any atom is 0.407 e. The first-order valence-corrected chi connectivity index (χ1v) is 10.2. The van der Waals surface area contributed by atoms with Gasteiger partial charge in [0.25, 0.3) is 0 Å². The number of carboxylic acid groups (broad SMARTS) is 1. The quantitative estimate of drug-likeness (QED) is 0.552. The third-order valence-electron chi connectivity index (χ3n) is 5.58. The van der Waals surface area contributed by atoms with Gasteiger partial charge < -0.3 is 15.2 Å². The average molecular weight is 437 g/mol. The van der Waals surface area contributed by atoms with E-state index in [0.29, 0.717) is 5.56 Å². The van der Waals surface area contributed by atoms with Crippen LogP contribution in [-0.2, 0) is 16.0 Å². The molecule has 164 valence electrons. The number of benzene rings is 3. The summed E-state index contributed by atoms with van der Waals surface area (Å²) in [5.41, 5.74) is 4.57. The number of amides is 1. The van der Waals surface area contributed by atoms with Gasteiger partial charge in [-0.1, -0.05) is 48.5 Å². The van der Waals surface area contributed by atoms with Crippen molar-refractivity contribution in [1.82, 2.24) is 5.32 Å². The van der Waals surface area contributed by atoms with Crippen LogP contribution in [0, 0.1) is 11.6 Å². The Morgan fingerprint density at radius 2 is 1.50 bits per heavy atom. The second-order valence-corrected chi connectivity index (χ2v) is 7.68. The molecule has 3 aromatic carbocycles. The van der Waals surface area contributed by atoms with Crippen molar-refractivity contribution in [3.8, 4) is 11.1 Å². The van der Waals surface area contributed by atoms with Crippen LogP contribution in [0.15, 0.2) is 66.7 Å². The molecule has 0 spiro atoms. The molecule has 32 heavy (non-hydrogen) atoms. The molecule has 0 saturated carbocycles. The van der Waals surface area contributed by atoms with E-state index in [2.05, 4.69) is 5.32 Å². The molecule has 4 rings (SSSR count). The number of halogens is 2. The minimum atomic E-state index is -1.25. The third-order valence-corrected chi connectivity index (χ3v) is 5.58. The number of rotatable bonds is 7. The number of carboxylic acids is 1. The summed E-state index contributed by atoms with van der Waals surface area (Å²) in [6, 6.07) is 17.5. The van der Waals surface area contributed by atoms with Crippen LogP contribution in [0.2, 0.25) is 0 Å². The van der Waals surface area contributed by atoms with Gasteiger partial charge in [0, 0.05) is 12.0 Å². The summed E-state index contributed by atoms with van der Waals surface area (Å²) < 4.78 is 32.0. The van der Waals surface area contributed by atoms with Crippen molar-refractivity contribution in [3.63, 3.8) is 0 Å². The number of alkyl carbamates (subject to hydrolysis) is 1. The Balaban J connectivity index is 1.38. The fraction of sp³-hybridized carbons (Fsp3) is 0.200. The van der Waals surface area contributed by atoms with E-state index in [1.54, 1.807) is 0 Å². The summed E-state index contributed by atoms with van der Waals surface area (Å²) in [7, 11) is 0. The second kappa shape index (κ2) is 9.18. The van der Waals surface area contributed by atoms with Crippen molar-refractivity contribution in [3.05, 3.63) is 95.1 Å². The monoisotopic (exact) mass is 437 g/mol. The summed E-state index contributed by atoms with van der Waals surface area (Å²) >= 11 is 0. The highest BCUT2D eigenvalue weighted by Gasteiger charge is 2.29. The lowest BCUT2D eigenvalue weighted by Gasteiger charge is -2.17. The zero-order valence-corrected chi connectivity index (χ0v) is 17.1. The lowest BCUT2D eigenvalue weighted by molar-refractivity contribution is -0.139. The molecule has 0 radical (unpaired) electrons. The molecule has 7 heteroatoms. The highest BCUT2D eigenvalue weighted by atomic mass is 19.1. The fourth-order valence-electron chi connectivity index (χ4n) is 4.11. The van der Waals surface area contributed by atoms with Gasteiger partial charge in [-0.3, -0.25) is 0 Å². The number of hydrogen-bond donors (Lipinski definition) is 2. The van der Waals surface area contributed by atoms with Crippen molar-refractivity contribution in [2.45, 2.75) is 24.8 Å². The smallest absolute Gasteiger partial charge is 0.407 e. The molecule has 2 N–H and O–H groups in total. The van der Waals surface area contributed by atoms with Crippen molar-refractivity contribution in [2.24, 2.45) is 0 Å². The highest BCUT2D eigenvalue weighted by molar-refractivity contribution is 5.81. The summed E-state index contributed by atoms with van der Waals surface area (Å²) in [6.45, 7) is 0.0569. The van der Waals surface area contributed by atoms with Gasteiger partial charge in [0.2, 0.25) is 0 Å². The number of carbonyl (C=O) groups excluding carboxylic acids is 1. The first-order chi connectivity index (χ1) is 15.4. The van der Waals surface area contributed by atoms with E-state index in [1.165, 1.54) is 0 Å². The molecule has 0 heterocycles. The van der Waals surface area contributed by atoms with Gasteiger partial charge in [0.15, 0.2) is 0 Å². The van der Waals surface area contributed by atoms with Crippen LogP contribution in [0.25, 0.3) is 11.1 Å². The zero-order chi connectivity index (χ0) is 22.7. The van der Waals surface area contributed by atoms with Crippen LogP contribution < -0.4 is 5.32 Å². The minimum Gasteiger partial charge on any atom is -0.480 e. The molecular weight excluding hydrogens is 416 g/mol. The molecular formula is C25H21F2NO4. The molecule has 0 fully saturated rings. The SMILES string of the molecule is O=C(NC(CCc1cc(F)cc(F)c1)C(=O)O)OCC1c2ccccc2-c2ccccc21. The number of aryl methyl sites for hydroxylation is 1. The lowest BCUT2D eigenvalue weighted by Crippen LogP contribution is -2.41. The molecule has 0 aromatic heterocycles. The molecule has 0 saturated heterocycles. The van der Waals surface area contributed by atoms with Gasteiger partial charge in [-0.2, -0.15) is 0 Å². The maximum absolute atomic E-state index is 13.3. The minimum absolute atomic E-state index is 0.0393. The number of aliphatic carboxylic acids is 1. The lowest BCUT2D eigenvalue weighted by atomic mass is 9.98. The summed E-state index contributed by atoms with van der Waals surface area (Å²) in [5.74, 6) is -2.88. The molecule has 1 atom stereocenters. The van der Waals surface area contributed by atoms with Gasteiger partial charge in [-0.15, -0.1) is 0 Å². The van der Waals surface area contributed by atoms with Crippen LogP contribution in [-0.4, -0.2) is 29.8 Å². The normalized spacial score (nSPS) is 13.2. The van der Waals surface area contributed by atoms with Gasteiger partial charge >= 0.3 is 12.1 Å². The molecule has 1 amide bonds. The van der Waals surface area contributed by atoms with Crippen molar-refractivity contribution >= 4 is 12.1 Å². The molecule has 3 aromatic rings. The average Bonchev–Trinajstić information content (AvgIpc) is 3.08. The van der Waals surface area contributed by atoms with E-state index in [4.69, 9.17) is 4.74 Å². The van der Waals surface area contributed by atoms with Crippen LogP contribution >= 0.6 is 0 Å². The zero-order valence-electron chi connectivity index (χ0n) is 17.1. The Morgan fingerprint density at radius 3 is 2.06 bits per heavy atom. The van der Waals surface area contributed by atoms with Crippen molar-refractivity contribution in [1.29, 1.82) is 0 Å². The Morgan fingerprint density at radius 1 is 0.938 bits per heavy atom. The summed E-state index contributed by atoms with van der Waals surface area (Å²) in [5, 5.41) is 11.8. The number of ether oxygens (including phenoxy) is 1. The van der Waals surface area contributed by atoms with Gasteiger partial charge in [-0.05, 0) is 52.8 Å². The van der Waals surface area contributed by atoms with Gasteiger partial charge in [0.05, 0.1) is 0 Å². The maximum atomic E-state index is 13.3. The molecule has 0 bridgehead atoms. The Labute approximate surface area is 183 Å². The van der Waals surface area contributed by atoms with Gasteiger partial charge in [0.1, 0.15) is 24.3 Å². The topological polar surface area (TPSA) is 75.6 Å². The van der Waals surface area contributed by atoms with E-state index in [1.807, 2.05) is 48.5 Å². The van der Waals surface area contributed by atoms with E-state index >= 15 is 0 Å². The van der Waals surface area contributed by atoms with Crippen LogP contribution in [0.3, 0.4) is 0 Å². The first kappa shape index (κ1) is 21.5. The van der Waals surface area contributed by atoms with Crippen LogP contribution in [0.5, 0.6) is 0 Å². The van der Waals surface area contributed by atoms with E-state index in [0.717, 1.165) is 40.5 Å². The van der Waals surface area contributed by atoms with E-state index in [-0.39, 0.29) is 25.4 Å². The number of hydrogen-bond acceptors (Lipinski definition) is 3. The van der Waals surface area contributed by atoms with Crippen molar-refractivity contribution in [2.75, 3.05) is 6.61 Å². The predicted octanol–water partition coefficient (Wildman–Crippen LogP) is 4.89. The molecule has 1 unspecified atom stereocenters. The Hall–Kier alpha value is -3.74. The molecule has 1 aliphatic carbocycles. The first-order valence-electron chi connectivity index (χ1n) is 10.2. The van der Waals surface area contributed by atoms with Gasteiger partial charge in [-0.25, -0.2) is 18.4 Å². The molecule has 5 nitrogen and oxygen atoms in total. The predicted molar refractivity (Wildman–Crippen MR) is 114 cm³/mol. The Kier molecular flexibility index (Phi) is 6.16. The highest BCUT2D eigenvalue weighted by Crippen LogP contribution is 2.44.